The van der Waals surface area contributed by atoms with E-state index < -0.39 is 11.1 Å². The summed E-state index contributed by atoms with van der Waals surface area (Å²) in [4.78, 5) is 4.20. The number of anilines is 1. The Labute approximate surface area is 102 Å². The summed E-state index contributed by atoms with van der Waals surface area (Å²) < 4.78 is 21.1. The molecule has 2 aromatic rings. The van der Waals surface area contributed by atoms with Crippen LogP contribution in [0.2, 0.25) is 0 Å². The van der Waals surface area contributed by atoms with Crippen LogP contribution >= 0.6 is 0 Å². The molecule has 1 unspecified atom stereocenters. The van der Waals surface area contributed by atoms with Crippen molar-refractivity contribution in [3.05, 3.63) is 48.2 Å². The van der Waals surface area contributed by atoms with Gasteiger partial charge in [0.05, 0.1) is 11.4 Å². The number of hydrogen-bond donors (Lipinski definition) is 1. The summed E-state index contributed by atoms with van der Waals surface area (Å²) in [5, 5.41) is 0. The lowest BCUT2D eigenvalue weighted by atomic mass is 10.1. The number of rotatable bonds is 3. The second-order valence-corrected chi connectivity index (χ2v) is 4.49. The van der Waals surface area contributed by atoms with Crippen molar-refractivity contribution < 1.29 is 8.76 Å². The molecule has 2 N–H and O–H groups in total. The van der Waals surface area contributed by atoms with E-state index in [-0.39, 0.29) is 5.75 Å². The molecular weight excluding hydrogens is 236 g/mol. The van der Waals surface area contributed by atoms with Crippen LogP contribution in [0.15, 0.2) is 42.6 Å². The Hall–Kier alpha value is -1.72. The molecule has 0 amide bonds. The fourth-order valence-corrected chi connectivity index (χ4v) is 2.01. The topological polar surface area (TPSA) is 79.0 Å². The van der Waals surface area contributed by atoms with Crippen LogP contribution in [0.1, 0.15) is 5.56 Å². The molecule has 0 aliphatic rings. The molecule has 0 aliphatic carbocycles. The molecule has 0 saturated carbocycles. The fraction of sp³-hybridized carbons (Fsp3) is 0.0833. The van der Waals surface area contributed by atoms with E-state index in [9.17, 15) is 8.76 Å². The van der Waals surface area contributed by atoms with Crippen molar-refractivity contribution in [1.29, 1.82) is 0 Å². The monoisotopic (exact) mass is 247 g/mol. The van der Waals surface area contributed by atoms with E-state index in [1.54, 1.807) is 6.07 Å². The zero-order valence-electron chi connectivity index (χ0n) is 9.00. The summed E-state index contributed by atoms with van der Waals surface area (Å²) >= 11 is -2.12. The molecule has 0 fully saturated rings. The minimum atomic E-state index is -2.12. The Balaban J connectivity index is 2.35. The van der Waals surface area contributed by atoms with E-state index in [0.29, 0.717) is 16.9 Å². The van der Waals surface area contributed by atoms with Gasteiger partial charge < -0.3 is 10.3 Å². The fourth-order valence-electron chi connectivity index (χ4n) is 1.58. The van der Waals surface area contributed by atoms with Gasteiger partial charge in [-0.15, -0.1) is 0 Å². The molecule has 2 rings (SSSR count). The maximum atomic E-state index is 10.6. The van der Waals surface area contributed by atoms with Gasteiger partial charge in [-0.1, -0.05) is 41.4 Å². The molecule has 4 nitrogen and oxygen atoms in total. The first-order chi connectivity index (χ1) is 8.16. The molecule has 1 atom stereocenters. The molecule has 17 heavy (non-hydrogen) atoms. The normalized spacial score (nSPS) is 12.3. The highest BCUT2D eigenvalue weighted by Gasteiger charge is 2.04. The molecule has 0 aliphatic heterocycles. The highest BCUT2D eigenvalue weighted by molar-refractivity contribution is 7.78. The van der Waals surface area contributed by atoms with Gasteiger partial charge in [-0.3, -0.25) is 9.19 Å². The maximum Gasteiger partial charge on any atom is 0.0931 e. The van der Waals surface area contributed by atoms with E-state index in [0.717, 1.165) is 5.56 Å². The molecule has 1 aromatic heterocycles. The van der Waals surface area contributed by atoms with E-state index in [1.165, 1.54) is 6.20 Å². The molecule has 88 valence electrons. The molecule has 0 saturated heterocycles. The third kappa shape index (κ3) is 2.89. The number of benzene rings is 1. The van der Waals surface area contributed by atoms with Crippen molar-refractivity contribution in [2.75, 3.05) is 5.73 Å². The summed E-state index contributed by atoms with van der Waals surface area (Å²) in [6.07, 6.45) is 1.54. The average molecular weight is 247 g/mol. The van der Waals surface area contributed by atoms with Crippen LogP contribution in [0.4, 0.5) is 5.69 Å². The molecule has 1 heterocycles. The summed E-state index contributed by atoms with van der Waals surface area (Å²) in [6.45, 7) is 0. The van der Waals surface area contributed by atoms with Gasteiger partial charge in [-0.2, -0.15) is 0 Å². The first-order valence-electron chi connectivity index (χ1n) is 5.02. The second-order valence-electron chi connectivity index (χ2n) is 3.60. The highest BCUT2D eigenvalue weighted by atomic mass is 32.2. The van der Waals surface area contributed by atoms with E-state index in [1.807, 2.05) is 30.3 Å². The second kappa shape index (κ2) is 5.07. The van der Waals surface area contributed by atoms with Crippen molar-refractivity contribution >= 4 is 16.8 Å². The Morgan fingerprint density at radius 3 is 2.59 bits per heavy atom. The van der Waals surface area contributed by atoms with Crippen molar-refractivity contribution in [3.63, 3.8) is 0 Å². The highest BCUT2D eigenvalue weighted by Crippen LogP contribution is 2.23. The molecule has 5 heteroatoms. The van der Waals surface area contributed by atoms with E-state index in [2.05, 4.69) is 4.98 Å². The number of nitrogens with two attached hydrogens (primary N) is 1. The predicted molar refractivity (Wildman–Crippen MR) is 66.7 cm³/mol. The molecule has 0 spiro atoms. The Kier molecular flexibility index (Phi) is 3.51. The number of hydrogen-bond acceptors (Lipinski definition) is 4. The predicted octanol–water partition coefficient (Wildman–Crippen LogP) is 1.71. The summed E-state index contributed by atoms with van der Waals surface area (Å²) in [7, 11) is 0. The minimum absolute atomic E-state index is 0.0632. The van der Waals surface area contributed by atoms with Gasteiger partial charge in [0.2, 0.25) is 0 Å². The van der Waals surface area contributed by atoms with Crippen LogP contribution in [0.3, 0.4) is 0 Å². The van der Waals surface area contributed by atoms with Crippen LogP contribution in [-0.4, -0.2) is 13.7 Å². The Bertz CT molecular complexity index is 543. The summed E-state index contributed by atoms with van der Waals surface area (Å²) in [5.74, 6) is -0.0632. The van der Waals surface area contributed by atoms with Gasteiger partial charge in [0.25, 0.3) is 0 Å². The maximum absolute atomic E-state index is 10.6. The Morgan fingerprint density at radius 2 is 2.00 bits per heavy atom. The van der Waals surface area contributed by atoms with Crippen molar-refractivity contribution in [2.24, 2.45) is 0 Å². The van der Waals surface area contributed by atoms with E-state index >= 15 is 0 Å². The van der Waals surface area contributed by atoms with Crippen LogP contribution in [0, 0.1) is 0 Å². The van der Waals surface area contributed by atoms with Crippen LogP contribution in [-0.2, 0) is 16.8 Å². The number of aromatic nitrogens is 1. The van der Waals surface area contributed by atoms with Gasteiger partial charge in [-0.25, -0.2) is 0 Å². The van der Waals surface area contributed by atoms with E-state index in [4.69, 9.17) is 5.73 Å². The molecule has 1 aromatic carbocycles. The average Bonchev–Trinajstić information content (AvgIpc) is 2.29. The van der Waals surface area contributed by atoms with Gasteiger partial charge in [0.1, 0.15) is 0 Å². The van der Waals surface area contributed by atoms with Crippen LogP contribution in [0.25, 0.3) is 11.3 Å². The zero-order valence-corrected chi connectivity index (χ0v) is 9.81. The third-order valence-electron chi connectivity index (χ3n) is 2.31. The first kappa shape index (κ1) is 11.8. The van der Waals surface area contributed by atoms with Gasteiger partial charge in [0.15, 0.2) is 0 Å². The van der Waals surface area contributed by atoms with Gasteiger partial charge in [-0.05, 0) is 11.6 Å². The molecular formula is C12H11N2O2S-. The van der Waals surface area contributed by atoms with Crippen molar-refractivity contribution in [3.8, 4) is 11.3 Å². The zero-order chi connectivity index (χ0) is 12.3. The lowest BCUT2D eigenvalue weighted by Gasteiger charge is -2.08. The number of nitrogen functional groups attached to an aromatic ring is 1. The standard InChI is InChI=1S/C12H12N2O2S/c13-11-6-9(8-17(15)16)7-14-12(11)10-4-2-1-3-5-10/h1-7H,8,13H2,(H,15,16)/p-1. The van der Waals surface area contributed by atoms with Gasteiger partial charge >= 0.3 is 0 Å². The minimum Gasteiger partial charge on any atom is -0.772 e. The van der Waals surface area contributed by atoms with Gasteiger partial charge in [0, 0.05) is 17.5 Å². The number of nitrogens with zero attached hydrogens (tertiary/aromatic N) is 1. The van der Waals surface area contributed by atoms with Crippen molar-refractivity contribution in [2.45, 2.75) is 5.75 Å². The summed E-state index contributed by atoms with van der Waals surface area (Å²) in [5.41, 5.74) is 8.53. The van der Waals surface area contributed by atoms with Crippen LogP contribution in [0.5, 0.6) is 0 Å². The molecule has 0 bridgehead atoms. The van der Waals surface area contributed by atoms with Crippen molar-refractivity contribution in [1.82, 2.24) is 4.98 Å². The van der Waals surface area contributed by atoms with Crippen LogP contribution < -0.4 is 5.73 Å². The smallest absolute Gasteiger partial charge is 0.0931 e. The molecule has 0 radical (unpaired) electrons. The first-order valence-corrected chi connectivity index (χ1v) is 6.27. The lowest BCUT2D eigenvalue weighted by molar-refractivity contribution is 0.536. The number of pyridine rings is 1. The Morgan fingerprint density at radius 1 is 1.29 bits per heavy atom. The third-order valence-corrected chi connectivity index (χ3v) is 2.87. The lowest BCUT2D eigenvalue weighted by Crippen LogP contribution is -1.99. The largest absolute Gasteiger partial charge is 0.772 e. The summed E-state index contributed by atoms with van der Waals surface area (Å²) in [6, 6.07) is 11.2. The quantitative estimate of drug-likeness (QED) is 0.837. The SMILES string of the molecule is Nc1cc(CS(=O)[O-])cnc1-c1ccccc1.